The van der Waals surface area contributed by atoms with E-state index in [4.69, 9.17) is 34.8 Å². The Labute approximate surface area is 100 Å². The molecule has 1 unspecified atom stereocenters. The Morgan fingerprint density at radius 1 is 1.29 bits per heavy atom. The van der Waals surface area contributed by atoms with Crippen LogP contribution in [0.5, 0.6) is 0 Å². The highest BCUT2D eigenvalue weighted by Gasteiger charge is 2.05. The molecule has 14 heavy (non-hydrogen) atoms. The minimum atomic E-state index is 0.227. The molecule has 0 aliphatic heterocycles. The lowest BCUT2D eigenvalue weighted by Crippen LogP contribution is -1.98. The van der Waals surface area contributed by atoms with Crippen LogP contribution in [0.2, 0.25) is 10.0 Å². The zero-order chi connectivity index (χ0) is 10.6. The van der Waals surface area contributed by atoms with Crippen LogP contribution in [-0.4, -0.2) is 5.38 Å². The van der Waals surface area contributed by atoms with E-state index in [0.29, 0.717) is 0 Å². The molecule has 0 bridgehead atoms. The van der Waals surface area contributed by atoms with Crippen molar-refractivity contribution in [1.82, 2.24) is 0 Å². The van der Waals surface area contributed by atoms with E-state index < -0.39 is 0 Å². The van der Waals surface area contributed by atoms with Crippen molar-refractivity contribution in [3.63, 3.8) is 0 Å². The molecule has 3 heteroatoms. The van der Waals surface area contributed by atoms with Crippen LogP contribution in [0.1, 0.15) is 25.3 Å². The summed E-state index contributed by atoms with van der Waals surface area (Å²) in [5, 5.41) is 1.73. The van der Waals surface area contributed by atoms with Gasteiger partial charge in [0.15, 0.2) is 0 Å². The van der Waals surface area contributed by atoms with Crippen molar-refractivity contribution in [1.29, 1.82) is 0 Å². The Bertz CT molecular complexity index is 297. The smallest absolute Gasteiger partial charge is 0.0439 e. The molecule has 0 radical (unpaired) electrons. The van der Waals surface area contributed by atoms with Crippen LogP contribution < -0.4 is 0 Å². The molecule has 0 spiro atoms. The van der Waals surface area contributed by atoms with E-state index >= 15 is 0 Å². The van der Waals surface area contributed by atoms with Crippen LogP contribution in [0.15, 0.2) is 18.2 Å². The largest absolute Gasteiger partial charge is 0.123 e. The third-order valence-corrected chi connectivity index (χ3v) is 3.31. The Balaban J connectivity index is 2.62. The highest BCUT2D eigenvalue weighted by molar-refractivity contribution is 6.33. The molecule has 0 aliphatic carbocycles. The minimum absolute atomic E-state index is 0.227. The van der Waals surface area contributed by atoms with E-state index in [-0.39, 0.29) is 5.38 Å². The second kappa shape index (κ2) is 5.85. The second-order valence-electron chi connectivity index (χ2n) is 3.28. The molecule has 0 heterocycles. The van der Waals surface area contributed by atoms with Gasteiger partial charge in [-0.05, 0) is 43.0 Å². The molecule has 0 fully saturated rings. The quantitative estimate of drug-likeness (QED) is 0.665. The van der Waals surface area contributed by atoms with Gasteiger partial charge in [0.05, 0.1) is 0 Å². The second-order valence-corrected chi connectivity index (χ2v) is 4.74. The maximum Gasteiger partial charge on any atom is 0.0439 e. The molecule has 0 aromatic heterocycles. The molecule has 0 N–H and O–H groups in total. The molecule has 0 nitrogen and oxygen atoms in total. The zero-order valence-electron chi connectivity index (χ0n) is 8.06. The predicted molar refractivity (Wildman–Crippen MR) is 64.7 cm³/mol. The molecule has 0 saturated carbocycles. The van der Waals surface area contributed by atoms with E-state index in [1.165, 1.54) is 0 Å². The summed E-state index contributed by atoms with van der Waals surface area (Å²) in [6, 6.07) is 5.53. The first-order chi connectivity index (χ1) is 6.63. The summed E-state index contributed by atoms with van der Waals surface area (Å²) < 4.78 is 0. The first-order valence-corrected chi connectivity index (χ1v) is 5.90. The fourth-order valence-electron chi connectivity index (χ4n) is 1.25. The minimum Gasteiger partial charge on any atom is -0.123 e. The lowest BCUT2D eigenvalue weighted by atomic mass is 10.1. The summed E-state index contributed by atoms with van der Waals surface area (Å²) in [5.74, 6) is 0. The molecular weight excluding hydrogens is 238 g/mol. The number of hydrogen-bond acceptors (Lipinski definition) is 0. The fourth-order valence-corrected chi connectivity index (χ4v) is 1.77. The van der Waals surface area contributed by atoms with Crippen LogP contribution >= 0.6 is 34.8 Å². The number of benzene rings is 1. The van der Waals surface area contributed by atoms with Crippen molar-refractivity contribution in [3.05, 3.63) is 33.8 Å². The Kier molecular flexibility index (Phi) is 5.08. The highest BCUT2D eigenvalue weighted by Crippen LogP contribution is 2.23. The van der Waals surface area contributed by atoms with Crippen LogP contribution in [0.25, 0.3) is 0 Å². The first kappa shape index (κ1) is 12.2. The van der Waals surface area contributed by atoms with Crippen molar-refractivity contribution in [2.45, 2.75) is 31.6 Å². The normalized spacial score (nSPS) is 12.9. The van der Waals surface area contributed by atoms with E-state index in [0.717, 1.165) is 34.9 Å². The van der Waals surface area contributed by atoms with Gasteiger partial charge >= 0.3 is 0 Å². The number of alkyl halides is 1. The standard InChI is InChI=1S/C11H13Cl3/c1-2-9(12)4-3-8-7-10(13)5-6-11(8)14/h5-7,9H,2-4H2,1H3. The van der Waals surface area contributed by atoms with E-state index in [2.05, 4.69) is 6.92 Å². The summed E-state index contributed by atoms with van der Waals surface area (Å²) in [5.41, 5.74) is 1.08. The predicted octanol–water partition coefficient (Wildman–Crippen LogP) is 4.94. The summed E-state index contributed by atoms with van der Waals surface area (Å²) in [4.78, 5) is 0. The van der Waals surface area contributed by atoms with Gasteiger partial charge in [-0.15, -0.1) is 11.6 Å². The maximum atomic E-state index is 6.03. The van der Waals surface area contributed by atoms with Gasteiger partial charge in [0.2, 0.25) is 0 Å². The highest BCUT2D eigenvalue weighted by atomic mass is 35.5. The average molecular weight is 252 g/mol. The number of halogens is 3. The molecule has 0 amide bonds. The first-order valence-electron chi connectivity index (χ1n) is 4.71. The third kappa shape index (κ3) is 3.68. The Morgan fingerprint density at radius 2 is 2.00 bits per heavy atom. The molecule has 0 aliphatic rings. The molecule has 1 aromatic rings. The van der Waals surface area contributed by atoms with Crippen molar-refractivity contribution in [2.75, 3.05) is 0 Å². The van der Waals surface area contributed by atoms with Crippen LogP contribution in [0, 0.1) is 0 Å². The van der Waals surface area contributed by atoms with Gasteiger partial charge in [-0.2, -0.15) is 0 Å². The van der Waals surface area contributed by atoms with Gasteiger partial charge in [0, 0.05) is 15.4 Å². The van der Waals surface area contributed by atoms with Gasteiger partial charge in [-0.3, -0.25) is 0 Å². The van der Waals surface area contributed by atoms with Crippen LogP contribution in [-0.2, 0) is 6.42 Å². The summed E-state index contributed by atoms with van der Waals surface area (Å²) in [6.45, 7) is 2.08. The monoisotopic (exact) mass is 250 g/mol. The molecule has 78 valence electrons. The molecular formula is C11H13Cl3. The molecule has 1 aromatic carbocycles. The van der Waals surface area contributed by atoms with Crippen molar-refractivity contribution in [3.8, 4) is 0 Å². The van der Waals surface area contributed by atoms with Crippen molar-refractivity contribution >= 4 is 34.8 Å². The van der Waals surface area contributed by atoms with Gasteiger partial charge in [0.1, 0.15) is 0 Å². The maximum absolute atomic E-state index is 6.03. The van der Waals surface area contributed by atoms with Crippen molar-refractivity contribution in [2.24, 2.45) is 0 Å². The van der Waals surface area contributed by atoms with Crippen LogP contribution in [0.3, 0.4) is 0 Å². The molecule has 1 atom stereocenters. The Morgan fingerprint density at radius 3 is 2.64 bits per heavy atom. The van der Waals surface area contributed by atoms with Gasteiger partial charge in [-0.1, -0.05) is 30.1 Å². The van der Waals surface area contributed by atoms with E-state index in [1.807, 2.05) is 12.1 Å². The van der Waals surface area contributed by atoms with Gasteiger partial charge in [0.25, 0.3) is 0 Å². The number of aryl methyl sites for hydroxylation is 1. The molecule has 1 rings (SSSR count). The summed E-state index contributed by atoms with van der Waals surface area (Å²) in [7, 11) is 0. The number of rotatable bonds is 4. The lowest BCUT2D eigenvalue weighted by molar-refractivity contribution is 0.727. The third-order valence-electron chi connectivity index (χ3n) is 2.18. The average Bonchev–Trinajstić information content (AvgIpc) is 2.19. The fraction of sp³-hybridized carbons (Fsp3) is 0.455. The molecule has 0 saturated heterocycles. The Hall–Kier alpha value is 0.0900. The van der Waals surface area contributed by atoms with Gasteiger partial charge in [-0.25, -0.2) is 0 Å². The summed E-state index contributed by atoms with van der Waals surface area (Å²) >= 11 is 17.9. The van der Waals surface area contributed by atoms with Crippen LogP contribution in [0.4, 0.5) is 0 Å². The summed E-state index contributed by atoms with van der Waals surface area (Å²) in [6.07, 6.45) is 2.82. The van der Waals surface area contributed by atoms with Gasteiger partial charge < -0.3 is 0 Å². The SMILES string of the molecule is CCC(Cl)CCc1cc(Cl)ccc1Cl. The topological polar surface area (TPSA) is 0 Å². The zero-order valence-corrected chi connectivity index (χ0v) is 10.3. The number of hydrogen-bond donors (Lipinski definition) is 0. The van der Waals surface area contributed by atoms with E-state index in [1.54, 1.807) is 6.07 Å². The van der Waals surface area contributed by atoms with E-state index in [9.17, 15) is 0 Å². The van der Waals surface area contributed by atoms with Crippen molar-refractivity contribution < 1.29 is 0 Å². The lowest BCUT2D eigenvalue weighted by Gasteiger charge is -2.07.